The highest BCUT2D eigenvalue weighted by Crippen LogP contribution is 2.35. The van der Waals surface area contributed by atoms with Crippen LogP contribution >= 0.6 is 11.5 Å². The van der Waals surface area contributed by atoms with Gasteiger partial charge in [-0.3, -0.25) is 9.59 Å². The van der Waals surface area contributed by atoms with Crippen LogP contribution in [0.4, 0.5) is 5.82 Å². The van der Waals surface area contributed by atoms with Crippen LogP contribution in [-0.2, 0) is 0 Å². The summed E-state index contributed by atoms with van der Waals surface area (Å²) in [4.78, 5) is 27.0. The molecule has 2 aromatic rings. The van der Waals surface area contributed by atoms with Crippen LogP contribution in [0.25, 0.3) is 5.57 Å². The van der Waals surface area contributed by atoms with Gasteiger partial charge in [0.15, 0.2) is 5.82 Å². The van der Waals surface area contributed by atoms with E-state index < -0.39 is 0 Å². The lowest BCUT2D eigenvalue weighted by atomic mass is 10.1. The number of allylic oxidation sites excluding steroid dienone is 2. The van der Waals surface area contributed by atoms with E-state index in [1.807, 2.05) is 6.07 Å². The molecule has 4 rings (SSSR count). The summed E-state index contributed by atoms with van der Waals surface area (Å²) in [5.41, 5.74) is 2.18. The van der Waals surface area contributed by atoms with E-state index in [2.05, 4.69) is 10.4 Å². The van der Waals surface area contributed by atoms with Gasteiger partial charge in [-0.1, -0.05) is 18.2 Å². The first-order valence-electron chi connectivity index (χ1n) is 6.89. The highest BCUT2D eigenvalue weighted by molar-refractivity contribution is 7.07. The Bertz CT molecular complexity index is 756. The number of rotatable bonds is 2. The molecule has 2 heterocycles. The van der Waals surface area contributed by atoms with Crippen molar-refractivity contribution in [3.05, 3.63) is 52.4 Å². The van der Waals surface area contributed by atoms with E-state index in [0.717, 1.165) is 24.1 Å². The summed E-state index contributed by atoms with van der Waals surface area (Å²) in [6.07, 6.45) is 5.51. The zero-order valence-electron chi connectivity index (χ0n) is 11.2. The van der Waals surface area contributed by atoms with Crippen LogP contribution in [0.3, 0.4) is 0 Å². The predicted octanol–water partition coefficient (Wildman–Crippen LogP) is 3.51. The number of nitrogens with zero attached hydrogens (tertiary/aromatic N) is 2. The largest absolute Gasteiger partial charge is 0.268 e. The van der Waals surface area contributed by atoms with E-state index in [1.54, 1.807) is 24.3 Å². The number of amides is 2. The van der Waals surface area contributed by atoms with Gasteiger partial charge in [0.2, 0.25) is 0 Å². The van der Waals surface area contributed by atoms with Crippen LogP contribution in [0.15, 0.2) is 36.4 Å². The van der Waals surface area contributed by atoms with Crippen LogP contribution in [0.5, 0.6) is 0 Å². The van der Waals surface area contributed by atoms with Gasteiger partial charge in [-0.25, -0.2) is 4.90 Å². The zero-order valence-corrected chi connectivity index (χ0v) is 12.0. The second kappa shape index (κ2) is 4.63. The number of fused-ring (bicyclic) bond motifs is 1. The molecule has 21 heavy (non-hydrogen) atoms. The minimum Gasteiger partial charge on any atom is -0.268 e. The molecule has 0 N–H and O–H groups in total. The number of carbonyl (C=O) groups is 2. The van der Waals surface area contributed by atoms with Crippen molar-refractivity contribution in [2.45, 2.75) is 19.3 Å². The minimum atomic E-state index is -0.284. The van der Waals surface area contributed by atoms with Crippen molar-refractivity contribution >= 4 is 34.7 Å². The number of benzene rings is 1. The summed E-state index contributed by atoms with van der Waals surface area (Å²) in [6.45, 7) is 0. The third kappa shape index (κ3) is 1.85. The van der Waals surface area contributed by atoms with Crippen LogP contribution < -0.4 is 4.90 Å². The van der Waals surface area contributed by atoms with Crippen molar-refractivity contribution in [1.82, 2.24) is 4.37 Å². The van der Waals surface area contributed by atoms with Gasteiger partial charge in [0.1, 0.15) is 0 Å². The zero-order chi connectivity index (χ0) is 14.4. The Hall–Kier alpha value is -2.27. The fraction of sp³-hybridized carbons (Fsp3) is 0.188. The molecule has 0 bridgehead atoms. The monoisotopic (exact) mass is 296 g/mol. The number of hydrogen-bond donors (Lipinski definition) is 0. The molecule has 0 atom stereocenters. The van der Waals surface area contributed by atoms with Gasteiger partial charge in [0.25, 0.3) is 11.8 Å². The molecular formula is C16H12N2O2S. The molecule has 0 spiro atoms. The van der Waals surface area contributed by atoms with Crippen molar-refractivity contribution in [3.63, 3.8) is 0 Å². The first-order chi connectivity index (χ1) is 10.3. The Morgan fingerprint density at radius 2 is 1.81 bits per heavy atom. The van der Waals surface area contributed by atoms with Crippen molar-refractivity contribution in [2.75, 3.05) is 4.90 Å². The molecule has 4 nitrogen and oxygen atoms in total. The Kier molecular flexibility index (Phi) is 2.75. The molecule has 1 aliphatic heterocycles. The third-order valence-electron chi connectivity index (χ3n) is 3.88. The Morgan fingerprint density at radius 1 is 1.10 bits per heavy atom. The van der Waals surface area contributed by atoms with E-state index in [4.69, 9.17) is 0 Å². The van der Waals surface area contributed by atoms with Crippen LogP contribution in [-0.4, -0.2) is 16.2 Å². The highest BCUT2D eigenvalue weighted by atomic mass is 32.1. The first-order valence-corrected chi connectivity index (χ1v) is 7.67. The van der Waals surface area contributed by atoms with Gasteiger partial charge in [0.05, 0.1) is 16.0 Å². The lowest BCUT2D eigenvalue weighted by molar-refractivity contribution is 0.0925. The van der Waals surface area contributed by atoms with Gasteiger partial charge in [-0.2, -0.15) is 4.37 Å². The van der Waals surface area contributed by atoms with Crippen LogP contribution in [0.2, 0.25) is 0 Å². The summed E-state index contributed by atoms with van der Waals surface area (Å²) in [6, 6.07) is 8.75. The lowest BCUT2D eigenvalue weighted by Crippen LogP contribution is -2.29. The number of anilines is 1. The smallest absolute Gasteiger partial charge is 0.267 e. The topological polar surface area (TPSA) is 50.3 Å². The predicted molar refractivity (Wildman–Crippen MR) is 81.5 cm³/mol. The van der Waals surface area contributed by atoms with Gasteiger partial charge in [-0.15, -0.1) is 0 Å². The standard InChI is InChI=1S/C16H12N2O2S/c19-15-11-7-3-4-8-12(11)16(20)18(15)14-9-13(21-17-14)10-5-1-2-6-10/h3-5,7-9H,1-2,6H2. The molecule has 1 aliphatic carbocycles. The first kappa shape index (κ1) is 12.5. The summed E-state index contributed by atoms with van der Waals surface area (Å²) >= 11 is 1.35. The van der Waals surface area contributed by atoms with E-state index in [0.29, 0.717) is 16.9 Å². The summed E-state index contributed by atoms with van der Waals surface area (Å²) in [5.74, 6) is -0.130. The highest BCUT2D eigenvalue weighted by Gasteiger charge is 2.37. The Labute approximate surface area is 125 Å². The molecule has 2 amide bonds. The second-order valence-electron chi connectivity index (χ2n) is 5.16. The van der Waals surface area contributed by atoms with Gasteiger partial charge in [0, 0.05) is 6.07 Å². The maximum atomic E-state index is 12.4. The average molecular weight is 296 g/mol. The number of carbonyl (C=O) groups excluding carboxylic acids is 2. The Morgan fingerprint density at radius 3 is 2.43 bits per heavy atom. The average Bonchev–Trinajstić information content (AvgIpc) is 3.21. The maximum absolute atomic E-state index is 12.4. The molecule has 1 aromatic heterocycles. The molecule has 0 radical (unpaired) electrons. The fourth-order valence-corrected chi connectivity index (χ4v) is 3.60. The molecule has 0 saturated heterocycles. The molecule has 0 unspecified atom stereocenters. The Balaban J connectivity index is 1.72. The van der Waals surface area contributed by atoms with Crippen molar-refractivity contribution < 1.29 is 9.59 Å². The quantitative estimate of drug-likeness (QED) is 0.797. The summed E-state index contributed by atoms with van der Waals surface area (Å²) in [5, 5.41) is 0. The SMILES string of the molecule is O=C1c2ccccc2C(=O)N1c1cc(C2=CCCC2)sn1. The van der Waals surface area contributed by atoms with E-state index >= 15 is 0 Å². The van der Waals surface area contributed by atoms with E-state index in [1.165, 1.54) is 22.0 Å². The van der Waals surface area contributed by atoms with E-state index in [-0.39, 0.29) is 11.8 Å². The molecule has 104 valence electrons. The molecule has 5 heteroatoms. The minimum absolute atomic E-state index is 0.284. The lowest BCUT2D eigenvalue weighted by Gasteiger charge is -2.09. The molecule has 1 aromatic carbocycles. The van der Waals surface area contributed by atoms with Crippen LogP contribution in [0, 0.1) is 0 Å². The molecule has 0 fully saturated rings. The van der Waals surface area contributed by atoms with Crippen molar-refractivity contribution in [1.29, 1.82) is 0 Å². The number of aromatic nitrogens is 1. The number of imide groups is 1. The summed E-state index contributed by atoms with van der Waals surface area (Å²) < 4.78 is 4.31. The van der Waals surface area contributed by atoms with Crippen LogP contribution in [0.1, 0.15) is 44.9 Å². The number of hydrogen-bond acceptors (Lipinski definition) is 4. The van der Waals surface area contributed by atoms with Crippen molar-refractivity contribution in [2.24, 2.45) is 0 Å². The van der Waals surface area contributed by atoms with Gasteiger partial charge >= 0.3 is 0 Å². The van der Waals surface area contributed by atoms with Gasteiger partial charge in [-0.05, 0) is 48.5 Å². The second-order valence-corrected chi connectivity index (χ2v) is 5.97. The van der Waals surface area contributed by atoms with E-state index in [9.17, 15) is 9.59 Å². The third-order valence-corrected chi connectivity index (χ3v) is 4.73. The van der Waals surface area contributed by atoms with Crippen molar-refractivity contribution in [3.8, 4) is 0 Å². The van der Waals surface area contributed by atoms with Gasteiger partial charge < -0.3 is 0 Å². The maximum Gasteiger partial charge on any atom is 0.267 e. The molecular weight excluding hydrogens is 284 g/mol. The fourth-order valence-electron chi connectivity index (χ4n) is 2.81. The normalized spacial score (nSPS) is 17.3. The summed E-state index contributed by atoms with van der Waals surface area (Å²) in [7, 11) is 0. The molecule has 0 saturated carbocycles. The molecule has 2 aliphatic rings.